The molecule has 2 aromatic heterocycles. The van der Waals surface area contributed by atoms with E-state index < -0.39 is 0 Å². The van der Waals surface area contributed by atoms with Gasteiger partial charge in [-0.05, 0) is 13.8 Å². The van der Waals surface area contributed by atoms with Crippen molar-refractivity contribution in [3.63, 3.8) is 0 Å². The van der Waals surface area contributed by atoms with Gasteiger partial charge in [0.05, 0.1) is 32.0 Å². The molecule has 2 N–H and O–H groups in total. The second-order valence-corrected chi connectivity index (χ2v) is 4.12. The van der Waals surface area contributed by atoms with Crippen molar-refractivity contribution in [2.24, 2.45) is 0 Å². The molecular weight excluding hydrogens is 232 g/mol. The zero-order valence-corrected chi connectivity index (χ0v) is 10.6. The highest BCUT2D eigenvalue weighted by atomic mass is 16.3. The van der Waals surface area contributed by atoms with Gasteiger partial charge >= 0.3 is 0 Å². The second-order valence-electron chi connectivity index (χ2n) is 4.12. The van der Waals surface area contributed by atoms with Crippen molar-refractivity contribution < 1.29 is 10.2 Å². The molecule has 0 aliphatic carbocycles. The van der Waals surface area contributed by atoms with Crippen molar-refractivity contribution >= 4 is 0 Å². The third-order valence-corrected chi connectivity index (χ3v) is 2.75. The summed E-state index contributed by atoms with van der Waals surface area (Å²) in [5, 5.41) is 26.5. The minimum atomic E-state index is 0.0541. The van der Waals surface area contributed by atoms with E-state index in [-0.39, 0.29) is 13.2 Å². The van der Waals surface area contributed by atoms with Crippen LogP contribution in [0.4, 0.5) is 0 Å². The molecule has 1 radical (unpaired) electrons. The van der Waals surface area contributed by atoms with Crippen molar-refractivity contribution in [3.05, 3.63) is 23.7 Å². The maximum atomic E-state index is 8.93. The summed E-state index contributed by atoms with van der Waals surface area (Å²) in [7, 11) is 0. The van der Waals surface area contributed by atoms with Crippen LogP contribution < -0.4 is 0 Å². The van der Waals surface area contributed by atoms with Crippen molar-refractivity contribution in [2.75, 3.05) is 13.2 Å². The standard InChI is InChI=1S/C12H17N4O2/c1-9-7-12(14-16(9)4-6-18)11-8-15(3-5-17)13-10(11)2/h8,17-18H,3-6H2,1-2H3. The van der Waals surface area contributed by atoms with Crippen LogP contribution in [0.1, 0.15) is 11.4 Å². The van der Waals surface area contributed by atoms with E-state index in [1.54, 1.807) is 9.36 Å². The Morgan fingerprint density at radius 2 is 1.89 bits per heavy atom. The molecule has 2 rings (SSSR count). The molecule has 0 aromatic carbocycles. The van der Waals surface area contributed by atoms with Crippen LogP contribution in [-0.4, -0.2) is 43.0 Å². The fraction of sp³-hybridized carbons (Fsp3) is 0.500. The van der Waals surface area contributed by atoms with Crippen molar-refractivity contribution in [1.29, 1.82) is 0 Å². The number of rotatable bonds is 5. The van der Waals surface area contributed by atoms with E-state index >= 15 is 0 Å². The topological polar surface area (TPSA) is 76.1 Å². The average molecular weight is 249 g/mol. The molecule has 0 fully saturated rings. The van der Waals surface area contributed by atoms with Crippen LogP contribution in [0.5, 0.6) is 0 Å². The van der Waals surface area contributed by atoms with Crippen molar-refractivity contribution in [2.45, 2.75) is 26.9 Å². The summed E-state index contributed by atoms with van der Waals surface area (Å²) in [5.41, 5.74) is 3.37. The molecule has 2 heterocycles. The number of nitrogens with zero attached hydrogens (tertiary/aromatic N) is 4. The van der Waals surface area contributed by atoms with Crippen molar-refractivity contribution in [3.8, 4) is 11.3 Å². The van der Waals surface area contributed by atoms with Gasteiger partial charge in [-0.25, -0.2) is 0 Å². The maximum absolute atomic E-state index is 8.93. The van der Waals surface area contributed by atoms with E-state index in [4.69, 9.17) is 10.2 Å². The Kier molecular flexibility index (Phi) is 3.78. The average Bonchev–Trinajstić information content (AvgIpc) is 2.85. The van der Waals surface area contributed by atoms with E-state index in [9.17, 15) is 0 Å². The van der Waals surface area contributed by atoms with Crippen LogP contribution in [0.15, 0.2) is 6.20 Å². The molecule has 0 saturated carbocycles. The quantitative estimate of drug-likeness (QED) is 0.790. The van der Waals surface area contributed by atoms with Gasteiger partial charge in [0.15, 0.2) is 0 Å². The summed E-state index contributed by atoms with van der Waals surface area (Å²) >= 11 is 0. The number of hydrogen-bond acceptors (Lipinski definition) is 4. The molecule has 0 atom stereocenters. The molecule has 97 valence electrons. The third kappa shape index (κ3) is 2.44. The van der Waals surface area contributed by atoms with Gasteiger partial charge in [0.1, 0.15) is 5.69 Å². The minimum absolute atomic E-state index is 0.0541. The summed E-state index contributed by atoms with van der Waals surface area (Å²) in [4.78, 5) is 0. The Bertz CT molecular complexity index is 530. The molecule has 0 spiro atoms. The molecule has 2 aromatic rings. The lowest BCUT2D eigenvalue weighted by Crippen LogP contribution is -2.05. The molecule has 0 aliphatic rings. The van der Waals surface area contributed by atoms with E-state index in [1.165, 1.54) is 0 Å². The number of aliphatic hydroxyl groups excluding tert-OH is 2. The molecule has 0 bridgehead atoms. The summed E-state index contributed by atoms with van der Waals surface area (Å²) in [6, 6.07) is 3.17. The Morgan fingerprint density at radius 1 is 1.17 bits per heavy atom. The van der Waals surface area contributed by atoms with Gasteiger partial charge in [-0.1, -0.05) is 0 Å². The maximum Gasteiger partial charge on any atom is 0.104 e. The predicted molar refractivity (Wildman–Crippen MR) is 65.9 cm³/mol. The molecule has 18 heavy (non-hydrogen) atoms. The number of aryl methyl sites for hydroxylation is 2. The highest BCUT2D eigenvalue weighted by Crippen LogP contribution is 2.21. The van der Waals surface area contributed by atoms with Gasteiger partial charge < -0.3 is 10.2 Å². The lowest BCUT2D eigenvalue weighted by atomic mass is 10.2. The lowest BCUT2D eigenvalue weighted by molar-refractivity contribution is 0.268. The van der Waals surface area contributed by atoms with E-state index in [0.717, 1.165) is 22.6 Å². The number of aromatic nitrogens is 4. The number of hydrogen-bond donors (Lipinski definition) is 2. The minimum Gasteiger partial charge on any atom is -0.394 e. The first-order valence-electron chi connectivity index (χ1n) is 5.88. The van der Waals surface area contributed by atoms with Gasteiger partial charge in [-0.15, -0.1) is 0 Å². The fourth-order valence-electron chi connectivity index (χ4n) is 1.86. The first-order chi connectivity index (χ1) is 8.65. The van der Waals surface area contributed by atoms with Gasteiger partial charge in [0.25, 0.3) is 0 Å². The second kappa shape index (κ2) is 5.32. The van der Waals surface area contributed by atoms with E-state index in [2.05, 4.69) is 16.3 Å². The van der Waals surface area contributed by atoms with Crippen LogP contribution in [0.25, 0.3) is 11.3 Å². The smallest absolute Gasteiger partial charge is 0.104 e. The summed E-state index contributed by atoms with van der Waals surface area (Å²) in [5.74, 6) is 0. The first-order valence-corrected chi connectivity index (χ1v) is 5.88. The van der Waals surface area contributed by atoms with Crippen LogP contribution in [0, 0.1) is 19.9 Å². The molecule has 6 heteroatoms. The predicted octanol–water partition coefficient (Wildman–Crippen LogP) is 0.148. The summed E-state index contributed by atoms with van der Waals surface area (Å²) < 4.78 is 3.41. The van der Waals surface area contributed by atoms with Crippen LogP contribution in [0.3, 0.4) is 0 Å². The largest absolute Gasteiger partial charge is 0.394 e. The van der Waals surface area contributed by atoms with Crippen LogP contribution >= 0.6 is 0 Å². The van der Waals surface area contributed by atoms with Gasteiger partial charge in [-0.3, -0.25) is 9.36 Å². The summed E-state index contributed by atoms with van der Waals surface area (Å²) in [6.45, 7) is 4.85. The lowest BCUT2D eigenvalue weighted by Gasteiger charge is -1.99. The summed E-state index contributed by atoms with van der Waals surface area (Å²) in [6.07, 6.45) is 1.85. The fourth-order valence-corrected chi connectivity index (χ4v) is 1.86. The van der Waals surface area contributed by atoms with Crippen LogP contribution in [0.2, 0.25) is 0 Å². The zero-order chi connectivity index (χ0) is 13.1. The van der Waals surface area contributed by atoms with Crippen LogP contribution in [-0.2, 0) is 13.1 Å². The zero-order valence-electron chi connectivity index (χ0n) is 10.6. The van der Waals surface area contributed by atoms with Gasteiger partial charge in [0, 0.05) is 23.5 Å². The molecule has 0 amide bonds. The Labute approximate surface area is 105 Å². The third-order valence-electron chi connectivity index (χ3n) is 2.75. The van der Waals surface area contributed by atoms with E-state index in [0.29, 0.717) is 13.1 Å². The van der Waals surface area contributed by atoms with Gasteiger partial charge in [0.2, 0.25) is 0 Å². The molecule has 0 unspecified atom stereocenters. The molecule has 0 aliphatic heterocycles. The number of aliphatic hydroxyl groups is 2. The van der Waals surface area contributed by atoms with Gasteiger partial charge in [-0.2, -0.15) is 10.2 Å². The molecule has 0 saturated heterocycles. The Hall–Kier alpha value is -1.66. The monoisotopic (exact) mass is 249 g/mol. The molecular formula is C12H17N4O2. The molecule has 6 nitrogen and oxygen atoms in total. The normalized spacial score (nSPS) is 11.1. The first kappa shape index (κ1) is 12.8. The Balaban J connectivity index is 2.33. The SMILES string of the molecule is Cc1nn(CCO)cc1-c1[c]c(C)n(CCO)n1. The Morgan fingerprint density at radius 3 is 2.56 bits per heavy atom. The van der Waals surface area contributed by atoms with Crippen molar-refractivity contribution in [1.82, 2.24) is 19.6 Å². The highest BCUT2D eigenvalue weighted by molar-refractivity contribution is 5.60. The van der Waals surface area contributed by atoms with E-state index in [1.807, 2.05) is 20.0 Å². The highest BCUT2D eigenvalue weighted by Gasteiger charge is 2.12.